The van der Waals surface area contributed by atoms with Crippen LogP contribution in [0.15, 0.2) is 212 Å². The van der Waals surface area contributed by atoms with Gasteiger partial charge in [0.25, 0.3) is 0 Å². The molecule has 12 rings (SSSR count). The summed E-state index contributed by atoms with van der Waals surface area (Å²) in [5, 5.41) is 7.42. The van der Waals surface area contributed by atoms with Crippen LogP contribution < -0.4 is 0 Å². The Balaban J connectivity index is 0.987. The van der Waals surface area contributed by atoms with Gasteiger partial charge in [-0.3, -0.25) is 0 Å². The molecule has 296 valence electrons. The van der Waals surface area contributed by atoms with E-state index in [0.29, 0.717) is 17.5 Å². The van der Waals surface area contributed by atoms with Crippen molar-refractivity contribution >= 4 is 32.3 Å². The molecule has 63 heavy (non-hydrogen) atoms. The maximum Gasteiger partial charge on any atom is 0.164 e. The van der Waals surface area contributed by atoms with Gasteiger partial charge in [0.1, 0.15) is 0 Å². The molecule has 0 radical (unpaired) electrons. The maximum atomic E-state index is 5.30. The molecule has 0 aliphatic heterocycles. The lowest BCUT2D eigenvalue weighted by atomic mass is 9.79. The number of nitrogens with zero attached hydrogens (tertiary/aromatic N) is 3. The standard InChI is InChI=1S/C60H41N3/c1-60(2)54-35-33-46(52-36-45-18-9-10-20-47(45)48-21-11-12-22-49(48)52)37-53(54)50-34-32-42-19-13-23-51(55(42)56(50)60)59-62-57(43-16-7-4-8-17-43)61-58(63-59)44-30-28-41(29-31-44)40-26-24-39(25-27-40)38-14-5-3-6-15-38/h3-37H,1-2H3. The molecule has 10 aromatic carbocycles. The van der Waals surface area contributed by atoms with E-state index in [-0.39, 0.29) is 5.41 Å². The lowest BCUT2D eigenvalue weighted by molar-refractivity contribution is 0.666. The molecular formula is C60H41N3. The Morgan fingerprint density at radius 1 is 0.302 bits per heavy atom. The third-order valence-electron chi connectivity index (χ3n) is 13.1. The normalized spacial score (nSPS) is 12.7. The summed E-state index contributed by atoms with van der Waals surface area (Å²) in [6, 6.07) is 76.2. The fourth-order valence-electron chi connectivity index (χ4n) is 9.99. The summed E-state index contributed by atoms with van der Waals surface area (Å²) in [6.45, 7) is 4.73. The van der Waals surface area contributed by atoms with Gasteiger partial charge in [0, 0.05) is 22.1 Å². The van der Waals surface area contributed by atoms with E-state index < -0.39 is 0 Å². The molecule has 3 heteroatoms. The van der Waals surface area contributed by atoms with Crippen molar-refractivity contribution in [3.05, 3.63) is 223 Å². The van der Waals surface area contributed by atoms with Crippen molar-refractivity contribution in [2.75, 3.05) is 0 Å². The first-order chi connectivity index (χ1) is 31.0. The van der Waals surface area contributed by atoms with Crippen LogP contribution >= 0.6 is 0 Å². The maximum absolute atomic E-state index is 5.30. The van der Waals surface area contributed by atoms with Crippen LogP contribution in [0, 0.1) is 0 Å². The minimum Gasteiger partial charge on any atom is -0.208 e. The van der Waals surface area contributed by atoms with Gasteiger partial charge in [0.2, 0.25) is 0 Å². The SMILES string of the molecule is CC1(C)c2ccc(-c3cc4ccccc4c4ccccc34)cc2-c2ccc3cccc(-c4nc(-c5ccccc5)nc(-c5ccc(-c6ccc(-c7ccccc7)cc6)cc5)n4)c3c21. The van der Waals surface area contributed by atoms with Crippen LogP contribution in [0.3, 0.4) is 0 Å². The Labute approximate surface area is 367 Å². The van der Waals surface area contributed by atoms with Gasteiger partial charge in [0.15, 0.2) is 17.5 Å². The summed E-state index contributed by atoms with van der Waals surface area (Å²) in [6.07, 6.45) is 0. The molecule has 0 bridgehead atoms. The monoisotopic (exact) mass is 803 g/mol. The van der Waals surface area contributed by atoms with Gasteiger partial charge in [-0.1, -0.05) is 214 Å². The second-order valence-electron chi connectivity index (χ2n) is 17.2. The Morgan fingerprint density at radius 3 is 1.49 bits per heavy atom. The van der Waals surface area contributed by atoms with Gasteiger partial charge in [0.05, 0.1) is 0 Å². The lowest BCUT2D eigenvalue weighted by Gasteiger charge is -2.24. The van der Waals surface area contributed by atoms with Crippen LogP contribution in [0.2, 0.25) is 0 Å². The molecule has 0 N–H and O–H groups in total. The second kappa shape index (κ2) is 14.6. The topological polar surface area (TPSA) is 38.7 Å². The average Bonchev–Trinajstić information content (AvgIpc) is 3.59. The largest absolute Gasteiger partial charge is 0.208 e. The molecule has 0 fully saturated rings. The van der Waals surface area contributed by atoms with Crippen LogP contribution in [-0.2, 0) is 5.41 Å². The predicted molar refractivity (Wildman–Crippen MR) is 263 cm³/mol. The number of aromatic nitrogens is 3. The number of benzene rings is 10. The summed E-state index contributed by atoms with van der Waals surface area (Å²) >= 11 is 0. The van der Waals surface area contributed by atoms with Gasteiger partial charge in [-0.05, 0) is 100 Å². The van der Waals surface area contributed by atoms with Crippen molar-refractivity contribution in [2.24, 2.45) is 0 Å². The molecule has 0 saturated carbocycles. The van der Waals surface area contributed by atoms with Crippen molar-refractivity contribution in [3.8, 4) is 78.7 Å². The van der Waals surface area contributed by atoms with E-state index in [1.807, 2.05) is 18.2 Å². The van der Waals surface area contributed by atoms with Crippen molar-refractivity contribution in [3.63, 3.8) is 0 Å². The van der Waals surface area contributed by atoms with Gasteiger partial charge in [-0.15, -0.1) is 0 Å². The van der Waals surface area contributed by atoms with Gasteiger partial charge in [-0.25, -0.2) is 15.0 Å². The van der Waals surface area contributed by atoms with E-state index in [0.717, 1.165) is 27.8 Å². The van der Waals surface area contributed by atoms with Crippen LogP contribution in [0.5, 0.6) is 0 Å². The van der Waals surface area contributed by atoms with Gasteiger partial charge < -0.3 is 0 Å². The van der Waals surface area contributed by atoms with E-state index in [2.05, 4.69) is 208 Å². The van der Waals surface area contributed by atoms with E-state index in [1.165, 1.54) is 76.8 Å². The van der Waals surface area contributed by atoms with Crippen LogP contribution in [0.25, 0.3) is 111 Å². The molecule has 0 amide bonds. The highest BCUT2D eigenvalue weighted by Crippen LogP contribution is 2.54. The zero-order valence-corrected chi connectivity index (χ0v) is 35.0. The number of fused-ring (bicyclic) bond motifs is 8. The number of rotatable bonds is 6. The summed E-state index contributed by atoms with van der Waals surface area (Å²) in [5.74, 6) is 1.95. The Bertz CT molecular complexity index is 3550. The fourth-order valence-corrected chi connectivity index (χ4v) is 9.99. The molecule has 11 aromatic rings. The van der Waals surface area contributed by atoms with Crippen molar-refractivity contribution < 1.29 is 0 Å². The van der Waals surface area contributed by atoms with Crippen molar-refractivity contribution in [2.45, 2.75) is 19.3 Å². The molecule has 1 aromatic heterocycles. The molecule has 0 saturated heterocycles. The Hall–Kier alpha value is -8.01. The van der Waals surface area contributed by atoms with E-state index in [1.54, 1.807) is 0 Å². The van der Waals surface area contributed by atoms with Crippen LogP contribution in [0.1, 0.15) is 25.0 Å². The minimum absolute atomic E-state index is 0.280. The summed E-state index contributed by atoms with van der Waals surface area (Å²) < 4.78 is 0. The highest BCUT2D eigenvalue weighted by Gasteiger charge is 2.38. The molecular weight excluding hydrogens is 763 g/mol. The van der Waals surface area contributed by atoms with Gasteiger partial charge >= 0.3 is 0 Å². The van der Waals surface area contributed by atoms with E-state index in [9.17, 15) is 0 Å². The summed E-state index contributed by atoms with van der Waals surface area (Å²) in [5.41, 5.74) is 14.9. The smallest absolute Gasteiger partial charge is 0.164 e. The third-order valence-corrected chi connectivity index (χ3v) is 13.1. The summed E-state index contributed by atoms with van der Waals surface area (Å²) in [7, 11) is 0. The minimum atomic E-state index is -0.280. The van der Waals surface area contributed by atoms with Crippen LogP contribution in [0.4, 0.5) is 0 Å². The van der Waals surface area contributed by atoms with Crippen molar-refractivity contribution in [1.82, 2.24) is 15.0 Å². The second-order valence-corrected chi connectivity index (χ2v) is 17.2. The molecule has 0 unspecified atom stereocenters. The molecule has 1 aliphatic carbocycles. The fraction of sp³-hybridized carbons (Fsp3) is 0.0500. The molecule has 1 aliphatic rings. The molecule has 1 heterocycles. The Morgan fingerprint density at radius 2 is 0.810 bits per heavy atom. The highest BCUT2D eigenvalue weighted by atomic mass is 15.0. The summed E-state index contributed by atoms with van der Waals surface area (Å²) in [4.78, 5) is 15.7. The molecule has 0 atom stereocenters. The number of hydrogen-bond acceptors (Lipinski definition) is 3. The molecule has 0 spiro atoms. The first-order valence-electron chi connectivity index (χ1n) is 21.7. The quantitative estimate of drug-likeness (QED) is 0.157. The van der Waals surface area contributed by atoms with E-state index >= 15 is 0 Å². The first kappa shape index (κ1) is 36.8. The predicted octanol–water partition coefficient (Wildman–Crippen LogP) is 15.6. The third kappa shape index (κ3) is 6.15. The van der Waals surface area contributed by atoms with Gasteiger partial charge in [-0.2, -0.15) is 0 Å². The zero-order valence-electron chi connectivity index (χ0n) is 35.0. The van der Waals surface area contributed by atoms with Crippen molar-refractivity contribution in [1.29, 1.82) is 0 Å². The Kier molecular flexibility index (Phi) is 8.52. The highest BCUT2D eigenvalue weighted by molar-refractivity contribution is 6.14. The lowest BCUT2D eigenvalue weighted by Crippen LogP contribution is -2.16. The van der Waals surface area contributed by atoms with Crippen LogP contribution in [-0.4, -0.2) is 15.0 Å². The van der Waals surface area contributed by atoms with E-state index in [4.69, 9.17) is 15.0 Å². The zero-order chi connectivity index (χ0) is 42.1. The first-order valence-corrected chi connectivity index (χ1v) is 21.7. The molecule has 3 nitrogen and oxygen atoms in total. The average molecular weight is 804 g/mol. The number of hydrogen-bond donors (Lipinski definition) is 0.